The molecule has 0 aliphatic heterocycles. The Bertz CT molecular complexity index is 534. The molecule has 2 aromatic rings. The van der Waals surface area contributed by atoms with Gasteiger partial charge in [-0.3, -0.25) is 4.57 Å². The number of halogens is 3. The second-order valence-electron chi connectivity index (χ2n) is 5.39. The Morgan fingerprint density at radius 2 is 1.42 bits per heavy atom. The summed E-state index contributed by atoms with van der Waals surface area (Å²) in [6.07, 6.45) is -1.62. The number of nitrogens with zero attached hydrogens (tertiary/aromatic N) is 3. The number of alkyl halides is 3. The fraction of sp³-hybridized carbons (Fsp3) is 0.385. The molecule has 1 aromatic heterocycles. The van der Waals surface area contributed by atoms with Gasteiger partial charge in [0.1, 0.15) is 12.7 Å². The highest BCUT2D eigenvalue weighted by molar-refractivity contribution is 5.43. The first kappa shape index (κ1) is 13.6. The van der Waals surface area contributed by atoms with Crippen LogP contribution in [0.1, 0.15) is 31.9 Å². The summed E-state index contributed by atoms with van der Waals surface area (Å²) in [4.78, 5) is 0. The lowest BCUT2D eigenvalue weighted by Crippen LogP contribution is -2.15. The fourth-order valence-electron chi connectivity index (χ4n) is 1.69. The molecule has 102 valence electrons. The predicted octanol–water partition coefficient (Wildman–Crippen LogP) is 3.58. The van der Waals surface area contributed by atoms with Crippen LogP contribution in [0.3, 0.4) is 0 Å². The largest absolute Gasteiger partial charge is 0.416 e. The first-order chi connectivity index (χ1) is 8.68. The van der Waals surface area contributed by atoms with Crippen LogP contribution in [0.2, 0.25) is 0 Å². The molecule has 1 heterocycles. The normalized spacial score (nSPS) is 12.7. The van der Waals surface area contributed by atoms with Gasteiger partial charge in [-0.15, -0.1) is 10.2 Å². The molecule has 0 saturated heterocycles. The molecule has 0 saturated carbocycles. The Balaban J connectivity index is 2.62. The predicted molar refractivity (Wildman–Crippen MR) is 65.1 cm³/mol. The van der Waals surface area contributed by atoms with Crippen LogP contribution in [-0.2, 0) is 11.6 Å². The lowest BCUT2D eigenvalue weighted by atomic mass is 9.85. The lowest BCUT2D eigenvalue weighted by Gasteiger charge is -2.22. The van der Waals surface area contributed by atoms with E-state index in [2.05, 4.69) is 10.2 Å². The molecule has 0 aliphatic rings. The first-order valence-electron chi connectivity index (χ1n) is 5.76. The first-order valence-corrected chi connectivity index (χ1v) is 5.76. The Morgan fingerprint density at radius 1 is 0.895 bits per heavy atom. The Morgan fingerprint density at radius 3 is 1.89 bits per heavy atom. The summed E-state index contributed by atoms with van der Waals surface area (Å²) in [7, 11) is 0. The highest BCUT2D eigenvalue weighted by Gasteiger charge is 2.32. The molecule has 0 unspecified atom stereocenters. The Kier molecular flexibility index (Phi) is 3.12. The zero-order valence-corrected chi connectivity index (χ0v) is 10.9. The van der Waals surface area contributed by atoms with Gasteiger partial charge in [-0.25, -0.2) is 0 Å². The molecule has 0 radical (unpaired) electrons. The molecule has 1 aromatic carbocycles. The lowest BCUT2D eigenvalue weighted by molar-refractivity contribution is -0.137. The average Bonchev–Trinajstić information content (AvgIpc) is 2.79. The van der Waals surface area contributed by atoms with E-state index in [4.69, 9.17) is 0 Å². The summed E-state index contributed by atoms with van der Waals surface area (Å²) in [5.74, 6) is 0. The molecule has 3 nitrogen and oxygen atoms in total. The molecule has 0 N–H and O–H groups in total. The Hall–Kier alpha value is -1.85. The molecule has 2 rings (SSSR count). The second-order valence-corrected chi connectivity index (χ2v) is 5.39. The van der Waals surface area contributed by atoms with Crippen molar-refractivity contribution in [2.45, 2.75) is 32.4 Å². The second kappa shape index (κ2) is 4.36. The third-order valence-electron chi connectivity index (χ3n) is 2.83. The van der Waals surface area contributed by atoms with Crippen molar-refractivity contribution in [3.63, 3.8) is 0 Å². The van der Waals surface area contributed by atoms with Crippen LogP contribution in [0.25, 0.3) is 5.69 Å². The summed E-state index contributed by atoms with van der Waals surface area (Å²) < 4.78 is 40.3. The van der Waals surface area contributed by atoms with Gasteiger partial charge in [0, 0.05) is 5.69 Å². The van der Waals surface area contributed by atoms with Crippen molar-refractivity contribution in [3.8, 4) is 5.69 Å². The van der Waals surface area contributed by atoms with E-state index in [1.165, 1.54) is 23.3 Å². The number of rotatable bonds is 1. The van der Waals surface area contributed by atoms with Crippen LogP contribution in [0, 0.1) is 0 Å². The van der Waals surface area contributed by atoms with Gasteiger partial charge in [0.25, 0.3) is 0 Å². The molecule has 0 spiro atoms. The number of benzene rings is 1. The summed E-state index contributed by atoms with van der Waals surface area (Å²) in [6.45, 7) is 5.62. The van der Waals surface area contributed by atoms with Gasteiger partial charge in [0.15, 0.2) is 0 Å². The molecule has 0 fully saturated rings. The molecule has 0 atom stereocenters. The van der Waals surface area contributed by atoms with E-state index < -0.39 is 11.7 Å². The molecule has 19 heavy (non-hydrogen) atoms. The van der Waals surface area contributed by atoms with Gasteiger partial charge in [0.2, 0.25) is 0 Å². The van der Waals surface area contributed by atoms with Crippen LogP contribution >= 0.6 is 0 Å². The maximum Gasteiger partial charge on any atom is 0.416 e. The average molecular weight is 269 g/mol. The number of aromatic nitrogens is 3. The molecule has 0 aliphatic carbocycles. The van der Waals surface area contributed by atoms with Crippen molar-refractivity contribution < 1.29 is 13.2 Å². The number of hydrogen-bond donors (Lipinski definition) is 0. The van der Waals surface area contributed by atoms with Gasteiger partial charge in [-0.1, -0.05) is 20.8 Å². The van der Waals surface area contributed by atoms with Crippen LogP contribution < -0.4 is 0 Å². The summed E-state index contributed by atoms with van der Waals surface area (Å²) in [6, 6.07) is 4.01. The summed E-state index contributed by atoms with van der Waals surface area (Å²) in [5, 5.41) is 7.23. The zero-order valence-electron chi connectivity index (χ0n) is 10.9. The monoisotopic (exact) mass is 269 g/mol. The van der Waals surface area contributed by atoms with Crippen LogP contribution in [-0.4, -0.2) is 14.8 Å². The number of hydrogen-bond acceptors (Lipinski definition) is 2. The molecule has 0 bridgehead atoms. The van der Waals surface area contributed by atoms with E-state index in [1.54, 1.807) is 6.07 Å². The van der Waals surface area contributed by atoms with Gasteiger partial charge >= 0.3 is 6.18 Å². The van der Waals surface area contributed by atoms with Crippen molar-refractivity contribution >= 4 is 0 Å². The van der Waals surface area contributed by atoms with Gasteiger partial charge in [0.05, 0.1) is 5.56 Å². The summed E-state index contributed by atoms with van der Waals surface area (Å²) >= 11 is 0. The summed E-state index contributed by atoms with van der Waals surface area (Å²) in [5.41, 5.74) is -0.0105. The standard InChI is InChI=1S/C13H14F3N3/c1-12(2,3)9-4-10(13(14,15)16)6-11(5-9)19-7-17-18-8-19/h4-8H,1-3H3. The van der Waals surface area contributed by atoms with Crippen LogP contribution in [0.5, 0.6) is 0 Å². The van der Waals surface area contributed by atoms with Gasteiger partial charge in [-0.2, -0.15) is 13.2 Å². The van der Waals surface area contributed by atoms with Crippen LogP contribution in [0.15, 0.2) is 30.9 Å². The van der Waals surface area contributed by atoms with Crippen molar-refractivity contribution in [3.05, 3.63) is 42.0 Å². The van der Waals surface area contributed by atoms with E-state index in [-0.39, 0.29) is 5.41 Å². The van der Waals surface area contributed by atoms with Crippen molar-refractivity contribution in [1.82, 2.24) is 14.8 Å². The van der Waals surface area contributed by atoms with E-state index in [9.17, 15) is 13.2 Å². The minimum absolute atomic E-state index is 0.371. The molecular formula is C13H14F3N3. The van der Waals surface area contributed by atoms with Crippen molar-refractivity contribution in [2.24, 2.45) is 0 Å². The van der Waals surface area contributed by atoms with E-state index in [0.717, 1.165) is 6.07 Å². The molecular weight excluding hydrogens is 255 g/mol. The van der Waals surface area contributed by atoms with Crippen molar-refractivity contribution in [2.75, 3.05) is 0 Å². The molecule has 6 heteroatoms. The van der Waals surface area contributed by atoms with Gasteiger partial charge < -0.3 is 0 Å². The molecule has 0 amide bonds. The van der Waals surface area contributed by atoms with Crippen molar-refractivity contribution in [1.29, 1.82) is 0 Å². The quantitative estimate of drug-likeness (QED) is 0.792. The van der Waals surface area contributed by atoms with E-state index >= 15 is 0 Å². The maximum atomic E-state index is 12.9. The van der Waals surface area contributed by atoms with E-state index in [1.807, 2.05) is 20.8 Å². The highest BCUT2D eigenvalue weighted by atomic mass is 19.4. The minimum Gasteiger partial charge on any atom is -0.288 e. The highest BCUT2D eigenvalue weighted by Crippen LogP contribution is 2.34. The zero-order chi connectivity index (χ0) is 14.3. The third kappa shape index (κ3) is 2.94. The SMILES string of the molecule is CC(C)(C)c1cc(-n2cnnc2)cc(C(F)(F)F)c1. The topological polar surface area (TPSA) is 30.7 Å². The smallest absolute Gasteiger partial charge is 0.288 e. The maximum absolute atomic E-state index is 12.9. The van der Waals surface area contributed by atoms with E-state index in [0.29, 0.717) is 11.3 Å². The Labute approximate surface area is 109 Å². The third-order valence-corrected chi connectivity index (χ3v) is 2.83. The minimum atomic E-state index is -4.37. The van der Waals surface area contributed by atoms with Gasteiger partial charge in [-0.05, 0) is 29.2 Å². The van der Waals surface area contributed by atoms with Crippen LogP contribution in [0.4, 0.5) is 13.2 Å². The fourth-order valence-corrected chi connectivity index (χ4v) is 1.69.